The van der Waals surface area contributed by atoms with Gasteiger partial charge >= 0.3 is 0 Å². The number of rotatable bonds is 16. The minimum Gasteiger partial charge on any atom is -0.494 e. The lowest BCUT2D eigenvalue weighted by Crippen LogP contribution is -2.54. The number of hydrogen-bond donors (Lipinski definition) is 2. The first kappa shape index (κ1) is 43.6. The Morgan fingerprint density at radius 3 is 2.09 bits per heavy atom. The third kappa shape index (κ3) is 11.4. The van der Waals surface area contributed by atoms with Gasteiger partial charge in [-0.05, 0) is 99.8 Å². The average Bonchev–Trinajstić information content (AvgIpc) is 3.15. The van der Waals surface area contributed by atoms with Crippen LogP contribution in [-0.2, 0) is 39.0 Å². The van der Waals surface area contributed by atoms with E-state index in [1.54, 1.807) is 4.90 Å². The van der Waals surface area contributed by atoms with Crippen LogP contribution in [0.3, 0.4) is 0 Å². The van der Waals surface area contributed by atoms with Crippen LogP contribution in [0.1, 0.15) is 82.7 Å². The van der Waals surface area contributed by atoms with Crippen LogP contribution in [-0.4, -0.2) is 93.2 Å². The topological polar surface area (TPSA) is 103 Å². The van der Waals surface area contributed by atoms with Crippen LogP contribution in [0.5, 0.6) is 5.75 Å². The van der Waals surface area contributed by atoms with Crippen molar-refractivity contribution in [1.29, 1.82) is 0 Å². The van der Waals surface area contributed by atoms with E-state index in [1.165, 1.54) is 16.7 Å². The Bertz CT molecular complexity index is 1600. The molecule has 2 atom stereocenters. The number of hydrogen-bond acceptors (Lipinski definition) is 7. The number of ether oxygens (including phenoxy) is 1. The molecule has 0 radical (unpaired) electrons. The molecule has 3 N–H and O–H groups in total. The molecule has 3 aromatic carbocycles. The lowest BCUT2D eigenvalue weighted by Gasteiger charge is -2.50. The summed E-state index contributed by atoms with van der Waals surface area (Å²) in [4.78, 5) is 32.9. The van der Waals surface area contributed by atoms with E-state index in [0.29, 0.717) is 50.9 Å². The molecule has 0 saturated carbocycles. The van der Waals surface area contributed by atoms with Crippen molar-refractivity contribution in [2.45, 2.75) is 84.3 Å². The summed E-state index contributed by atoms with van der Waals surface area (Å²) in [6, 6.07) is 23.5. The van der Waals surface area contributed by atoms with Crippen LogP contribution in [0, 0.1) is 0 Å². The summed E-state index contributed by atoms with van der Waals surface area (Å²) in [6.45, 7) is 25.3. The molecule has 1 saturated heterocycles. The molecule has 0 bridgehead atoms. The van der Waals surface area contributed by atoms with Crippen molar-refractivity contribution in [3.63, 3.8) is 0 Å². The Kier molecular flexibility index (Phi) is 16.5. The predicted molar refractivity (Wildman–Crippen MR) is 220 cm³/mol. The second kappa shape index (κ2) is 20.1. The fraction of sp³-hybridized carbons (Fsp3) is 0.512. The van der Waals surface area contributed by atoms with E-state index in [0.717, 1.165) is 49.2 Å². The van der Waals surface area contributed by atoms with Gasteiger partial charge in [-0.1, -0.05) is 87.8 Å². The lowest BCUT2D eigenvalue weighted by atomic mass is 9.69. The highest BCUT2D eigenvalue weighted by atomic mass is 35.5. The van der Waals surface area contributed by atoms with Crippen molar-refractivity contribution >= 4 is 30.6 Å². The van der Waals surface area contributed by atoms with Gasteiger partial charge in [0.25, 0.3) is 0 Å². The first-order chi connectivity index (χ1) is 25.2. The normalized spacial score (nSPS) is 15.8. The van der Waals surface area contributed by atoms with Gasteiger partial charge in [-0.2, -0.15) is 0 Å². The van der Waals surface area contributed by atoms with Crippen molar-refractivity contribution < 1.29 is 14.3 Å². The maximum absolute atomic E-state index is 11.5. The number of carbonyl (C=O) groups is 2. The SMILES string of the molecule is C=N[C@@](C)(c1ccc(Cl)cc1)[C@@](C)(c1ccc(CC)cc1)N(C)Cc1ccc(C(C)(C)C)cc1OCC.NCCCNC(=O)CN1CCN(C=O)CC1. The highest BCUT2D eigenvalue weighted by Crippen LogP contribution is 2.48. The molecule has 0 spiro atoms. The third-order valence-corrected chi connectivity index (χ3v) is 10.9. The third-order valence-electron chi connectivity index (χ3n) is 10.6. The molecular formula is C43H63ClN6O3. The fourth-order valence-electron chi connectivity index (χ4n) is 6.71. The summed E-state index contributed by atoms with van der Waals surface area (Å²) in [7, 11) is 2.17. The minimum atomic E-state index is -0.656. The van der Waals surface area contributed by atoms with E-state index < -0.39 is 11.1 Å². The minimum absolute atomic E-state index is 0.0352. The van der Waals surface area contributed by atoms with Crippen LogP contribution in [0.4, 0.5) is 0 Å². The van der Waals surface area contributed by atoms with Crippen molar-refractivity contribution in [2.24, 2.45) is 10.7 Å². The van der Waals surface area contributed by atoms with Gasteiger partial charge in [0.1, 0.15) is 11.3 Å². The van der Waals surface area contributed by atoms with Crippen molar-refractivity contribution in [3.05, 3.63) is 99.6 Å². The number of aliphatic imine (C=N–C) groups is 1. The molecule has 1 heterocycles. The van der Waals surface area contributed by atoms with Crippen molar-refractivity contribution in [2.75, 3.05) is 59.5 Å². The van der Waals surface area contributed by atoms with E-state index in [9.17, 15) is 9.59 Å². The number of aryl methyl sites for hydroxylation is 1. The molecule has 290 valence electrons. The standard InChI is InChI=1S/C33H43ClN2O.C10H20N4O2/c1-10-24-12-15-27(16-13-24)33(7,32(6,35-8)26-18-20-29(34)21-19-26)36(9)23-25-14-17-28(31(3,4)5)22-30(25)37-11-2;11-2-1-3-12-10(16)8-13-4-6-14(9-15)7-5-13/h12-22H,8,10-11,23H2,1-7,9H3;9H,1-8,11H2,(H,12,16)/t32-,33+;/m0./s1. The molecule has 1 aliphatic heterocycles. The number of halogens is 1. The molecular weight excluding hydrogens is 684 g/mol. The summed E-state index contributed by atoms with van der Waals surface area (Å²) >= 11 is 6.26. The zero-order valence-corrected chi connectivity index (χ0v) is 34.1. The summed E-state index contributed by atoms with van der Waals surface area (Å²) < 4.78 is 6.16. The number of carbonyl (C=O) groups excluding carboxylic acids is 2. The van der Waals surface area contributed by atoms with Gasteiger partial charge in [-0.25, -0.2) is 0 Å². The highest BCUT2D eigenvalue weighted by Gasteiger charge is 2.49. The lowest BCUT2D eigenvalue weighted by molar-refractivity contribution is -0.123. The number of nitrogens with two attached hydrogens (primary N) is 1. The second-order valence-electron chi connectivity index (χ2n) is 15.1. The van der Waals surface area contributed by atoms with Crippen molar-refractivity contribution in [1.82, 2.24) is 20.0 Å². The molecule has 53 heavy (non-hydrogen) atoms. The number of likely N-dealkylation sites (N-methyl/N-ethyl adjacent to an activating group) is 1. The van der Waals surface area contributed by atoms with Gasteiger partial charge in [0, 0.05) is 49.9 Å². The quantitative estimate of drug-likeness (QED) is 0.0952. The molecule has 0 aliphatic carbocycles. The van der Waals surface area contributed by atoms with E-state index >= 15 is 0 Å². The van der Waals surface area contributed by atoms with E-state index in [2.05, 4.69) is 125 Å². The number of piperazine rings is 1. The van der Waals surface area contributed by atoms with Crippen LogP contribution in [0.2, 0.25) is 5.02 Å². The van der Waals surface area contributed by atoms with Gasteiger partial charge in [-0.15, -0.1) is 0 Å². The monoisotopic (exact) mass is 746 g/mol. The van der Waals surface area contributed by atoms with Gasteiger partial charge in [0.05, 0.1) is 18.7 Å². The smallest absolute Gasteiger partial charge is 0.234 e. The van der Waals surface area contributed by atoms with Crippen LogP contribution in [0.15, 0.2) is 71.7 Å². The first-order valence-corrected chi connectivity index (χ1v) is 19.2. The summed E-state index contributed by atoms with van der Waals surface area (Å²) in [5.74, 6) is 0.971. The molecule has 0 aromatic heterocycles. The molecule has 3 aromatic rings. The number of amides is 2. The molecule has 4 rings (SSSR count). The average molecular weight is 747 g/mol. The Morgan fingerprint density at radius 2 is 1.57 bits per heavy atom. The highest BCUT2D eigenvalue weighted by molar-refractivity contribution is 6.30. The maximum atomic E-state index is 11.5. The second-order valence-corrected chi connectivity index (χ2v) is 15.6. The van der Waals surface area contributed by atoms with E-state index in [-0.39, 0.29) is 11.3 Å². The summed E-state index contributed by atoms with van der Waals surface area (Å²) in [5, 5.41) is 3.52. The zero-order valence-electron chi connectivity index (χ0n) is 33.4. The van der Waals surface area contributed by atoms with Gasteiger partial charge in [0.2, 0.25) is 12.3 Å². The first-order valence-electron chi connectivity index (χ1n) is 18.9. The fourth-order valence-corrected chi connectivity index (χ4v) is 6.84. The van der Waals surface area contributed by atoms with Gasteiger partial charge in [0.15, 0.2) is 0 Å². The van der Waals surface area contributed by atoms with E-state index in [4.69, 9.17) is 27.1 Å². The van der Waals surface area contributed by atoms with Crippen LogP contribution >= 0.6 is 11.6 Å². The van der Waals surface area contributed by atoms with Crippen molar-refractivity contribution in [3.8, 4) is 5.75 Å². The maximum Gasteiger partial charge on any atom is 0.234 e. The van der Waals surface area contributed by atoms with E-state index in [1.807, 2.05) is 19.1 Å². The Balaban J connectivity index is 0.000000395. The molecule has 9 nitrogen and oxygen atoms in total. The summed E-state index contributed by atoms with van der Waals surface area (Å²) in [5.41, 5.74) is 10.2. The van der Waals surface area contributed by atoms with Crippen LogP contribution in [0.25, 0.3) is 0 Å². The predicted octanol–water partition coefficient (Wildman–Crippen LogP) is 6.79. The Hall–Kier alpha value is -3.76. The molecule has 2 amide bonds. The van der Waals surface area contributed by atoms with Gasteiger partial charge in [-0.3, -0.25) is 24.4 Å². The number of benzene rings is 3. The largest absolute Gasteiger partial charge is 0.494 e. The van der Waals surface area contributed by atoms with Gasteiger partial charge < -0.3 is 20.7 Å². The number of nitrogens with one attached hydrogen (secondary N) is 1. The molecule has 1 fully saturated rings. The van der Waals surface area contributed by atoms with Crippen LogP contribution < -0.4 is 15.8 Å². The molecule has 10 heteroatoms. The zero-order chi connectivity index (χ0) is 39.2. The number of nitrogens with zero attached hydrogens (tertiary/aromatic N) is 4. The summed E-state index contributed by atoms with van der Waals surface area (Å²) in [6.07, 6.45) is 2.67. The Labute approximate surface area is 323 Å². The molecule has 0 unspecified atom stereocenters. The Morgan fingerprint density at radius 1 is 0.962 bits per heavy atom. The molecule has 1 aliphatic rings.